The average Bonchev–Trinajstić information content (AvgIpc) is 2.55. The van der Waals surface area contributed by atoms with Crippen molar-refractivity contribution in [2.45, 2.75) is 13.3 Å². The van der Waals surface area contributed by atoms with Gasteiger partial charge in [-0.2, -0.15) is 0 Å². The summed E-state index contributed by atoms with van der Waals surface area (Å²) >= 11 is 0. The minimum Gasteiger partial charge on any atom is -0.339 e. The van der Waals surface area contributed by atoms with Crippen LogP contribution in [-0.4, -0.2) is 60.9 Å². The molecule has 0 saturated carbocycles. The number of carbonyl (C=O) groups excluding carboxylic acids is 2. The number of carbonyl (C=O) groups is 2. The summed E-state index contributed by atoms with van der Waals surface area (Å²) in [4.78, 5) is 27.5. The first-order chi connectivity index (χ1) is 10.6. The Morgan fingerprint density at radius 1 is 1.12 bits per heavy atom. The van der Waals surface area contributed by atoms with Crippen molar-refractivity contribution in [1.29, 1.82) is 0 Å². The van der Waals surface area contributed by atoms with E-state index in [-0.39, 0.29) is 43.2 Å². The number of para-hydroxylation sites is 1. The fourth-order valence-corrected chi connectivity index (χ4v) is 2.63. The fraction of sp³-hybridized carbons (Fsp3) is 0.500. The van der Waals surface area contributed by atoms with Gasteiger partial charge in [0.25, 0.3) is 0 Å². The zero-order valence-corrected chi connectivity index (χ0v) is 15.5. The average molecular weight is 377 g/mol. The molecule has 1 heterocycles. The van der Waals surface area contributed by atoms with E-state index in [9.17, 15) is 9.59 Å². The standard InChI is InChI=1S/C16H24N4O2.2ClH/c1-2-13-5-3-4-6-14(13)18-15(21)12-19-7-9-20(10-8-19)16(22)11-17;;/h3-6H,2,7-12,17H2,1H3,(H,18,21);2*1H. The van der Waals surface area contributed by atoms with Crippen molar-refractivity contribution in [2.24, 2.45) is 5.73 Å². The van der Waals surface area contributed by atoms with E-state index in [1.165, 1.54) is 0 Å². The summed E-state index contributed by atoms with van der Waals surface area (Å²) in [5, 5.41) is 2.97. The molecule has 0 aromatic heterocycles. The Morgan fingerprint density at radius 2 is 1.75 bits per heavy atom. The van der Waals surface area contributed by atoms with Gasteiger partial charge in [-0.1, -0.05) is 25.1 Å². The summed E-state index contributed by atoms with van der Waals surface area (Å²) in [6.07, 6.45) is 0.885. The number of amides is 2. The van der Waals surface area contributed by atoms with Crippen molar-refractivity contribution in [3.05, 3.63) is 29.8 Å². The summed E-state index contributed by atoms with van der Waals surface area (Å²) in [7, 11) is 0. The molecule has 136 valence electrons. The van der Waals surface area contributed by atoms with Crippen LogP contribution in [0.25, 0.3) is 0 Å². The first-order valence-electron chi connectivity index (χ1n) is 7.72. The number of hydrogen-bond donors (Lipinski definition) is 2. The van der Waals surface area contributed by atoms with E-state index in [0.717, 1.165) is 17.7 Å². The second-order valence-electron chi connectivity index (χ2n) is 5.42. The quantitative estimate of drug-likeness (QED) is 0.807. The molecule has 1 fully saturated rings. The molecule has 0 unspecified atom stereocenters. The number of nitrogens with zero attached hydrogens (tertiary/aromatic N) is 2. The van der Waals surface area contributed by atoms with E-state index in [1.54, 1.807) is 4.90 Å². The molecule has 2 amide bonds. The SMILES string of the molecule is CCc1ccccc1NC(=O)CN1CCN(C(=O)CN)CC1.Cl.Cl. The summed E-state index contributed by atoms with van der Waals surface area (Å²) in [6, 6.07) is 7.84. The summed E-state index contributed by atoms with van der Waals surface area (Å²) in [6.45, 7) is 5.14. The summed E-state index contributed by atoms with van der Waals surface area (Å²) in [5.74, 6) is -0.0412. The highest BCUT2D eigenvalue weighted by Gasteiger charge is 2.21. The smallest absolute Gasteiger partial charge is 0.238 e. The van der Waals surface area contributed by atoms with Gasteiger partial charge in [-0.3, -0.25) is 14.5 Å². The van der Waals surface area contributed by atoms with Gasteiger partial charge in [0.05, 0.1) is 13.1 Å². The van der Waals surface area contributed by atoms with Gasteiger partial charge in [-0.05, 0) is 18.1 Å². The molecule has 1 aliphatic rings. The lowest BCUT2D eigenvalue weighted by molar-refractivity contribution is -0.131. The van der Waals surface area contributed by atoms with Crippen LogP contribution in [0.2, 0.25) is 0 Å². The third-order valence-corrected chi connectivity index (χ3v) is 3.94. The Hall–Kier alpha value is -1.34. The molecule has 1 aliphatic heterocycles. The van der Waals surface area contributed by atoms with Crippen LogP contribution in [0.1, 0.15) is 12.5 Å². The first kappa shape index (κ1) is 22.7. The maximum absolute atomic E-state index is 12.2. The number of halogens is 2. The van der Waals surface area contributed by atoms with Crippen LogP contribution in [0, 0.1) is 0 Å². The number of aryl methyl sites for hydroxylation is 1. The minimum atomic E-state index is -0.0269. The lowest BCUT2D eigenvalue weighted by atomic mass is 10.1. The fourth-order valence-electron chi connectivity index (χ4n) is 2.63. The number of anilines is 1. The highest BCUT2D eigenvalue weighted by molar-refractivity contribution is 5.93. The van der Waals surface area contributed by atoms with E-state index in [2.05, 4.69) is 17.1 Å². The zero-order valence-electron chi connectivity index (χ0n) is 13.9. The van der Waals surface area contributed by atoms with Crippen LogP contribution in [0.5, 0.6) is 0 Å². The number of piperazine rings is 1. The van der Waals surface area contributed by atoms with Crippen molar-refractivity contribution < 1.29 is 9.59 Å². The van der Waals surface area contributed by atoms with Crippen molar-refractivity contribution in [3.63, 3.8) is 0 Å². The first-order valence-corrected chi connectivity index (χ1v) is 7.72. The second kappa shape index (κ2) is 11.3. The molecule has 0 aliphatic carbocycles. The minimum absolute atomic E-state index is 0. The van der Waals surface area contributed by atoms with Crippen LogP contribution in [0.15, 0.2) is 24.3 Å². The molecule has 0 radical (unpaired) electrons. The molecular formula is C16H26Cl2N4O2. The van der Waals surface area contributed by atoms with Crippen molar-refractivity contribution in [2.75, 3.05) is 44.6 Å². The molecule has 1 saturated heterocycles. The van der Waals surface area contributed by atoms with Gasteiger partial charge in [0.1, 0.15) is 0 Å². The predicted octanol–water partition coefficient (Wildman–Crippen LogP) is 1.13. The van der Waals surface area contributed by atoms with Gasteiger partial charge in [-0.15, -0.1) is 24.8 Å². The van der Waals surface area contributed by atoms with E-state index in [1.807, 2.05) is 24.3 Å². The number of nitrogens with one attached hydrogen (secondary N) is 1. The van der Waals surface area contributed by atoms with E-state index >= 15 is 0 Å². The van der Waals surface area contributed by atoms with E-state index in [4.69, 9.17) is 5.73 Å². The van der Waals surface area contributed by atoms with Crippen molar-refractivity contribution in [3.8, 4) is 0 Å². The Bertz CT molecular complexity index is 535. The molecule has 2 rings (SSSR count). The highest BCUT2D eigenvalue weighted by Crippen LogP contribution is 2.15. The molecule has 6 nitrogen and oxygen atoms in total. The topological polar surface area (TPSA) is 78.7 Å². The van der Waals surface area contributed by atoms with Crippen LogP contribution >= 0.6 is 24.8 Å². The maximum Gasteiger partial charge on any atom is 0.238 e. The van der Waals surface area contributed by atoms with Crippen molar-refractivity contribution in [1.82, 2.24) is 9.80 Å². The molecular weight excluding hydrogens is 351 g/mol. The Balaban J connectivity index is 0.00000264. The van der Waals surface area contributed by atoms with Gasteiger partial charge in [0.2, 0.25) is 11.8 Å². The van der Waals surface area contributed by atoms with Gasteiger partial charge in [-0.25, -0.2) is 0 Å². The lowest BCUT2D eigenvalue weighted by Gasteiger charge is -2.34. The second-order valence-corrected chi connectivity index (χ2v) is 5.42. The van der Waals surface area contributed by atoms with Crippen LogP contribution in [-0.2, 0) is 16.0 Å². The Kier molecular flexibility index (Phi) is 10.6. The van der Waals surface area contributed by atoms with Gasteiger partial charge >= 0.3 is 0 Å². The van der Waals surface area contributed by atoms with Crippen LogP contribution < -0.4 is 11.1 Å². The molecule has 24 heavy (non-hydrogen) atoms. The molecule has 1 aromatic carbocycles. The van der Waals surface area contributed by atoms with E-state index < -0.39 is 0 Å². The molecule has 8 heteroatoms. The number of nitrogens with two attached hydrogens (primary N) is 1. The molecule has 0 bridgehead atoms. The Morgan fingerprint density at radius 3 is 2.33 bits per heavy atom. The monoisotopic (exact) mass is 376 g/mol. The maximum atomic E-state index is 12.2. The number of rotatable bonds is 5. The molecule has 3 N–H and O–H groups in total. The summed E-state index contributed by atoms with van der Waals surface area (Å²) in [5.41, 5.74) is 7.38. The normalized spacial score (nSPS) is 14.3. The largest absolute Gasteiger partial charge is 0.339 e. The lowest BCUT2D eigenvalue weighted by Crippen LogP contribution is -2.51. The molecule has 0 atom stereocenters. The number of benzene rings is 1. The summed E-state index contributed by atoms with van der Waals surface area (Å²) < 4.78 is 0. The third-order valence-electron chi connectivity index (χ3n) is 3.94. The van der Waals surface area contributed by atoms with Crippen LogP contribution in [0.4, 0.5) is 5.69 Å². The molecule has 0 spiro atoms. The zero-order chi connectivity index (χ0) is 15.9. The predicted molar refractivity (Wildman–Crippen MR) is 101 cm³/mol. The Labute approximate surface area is 155 Å². The molecule has 1 aromatic rings. The highest BCUT2D eigenvalue weighted by atomic mass is 35.5. The van der Waals surface area contributed by atoms with Gasteiger partial charge in [0.15, 0.2) is 0 Å². The van der Waals surface area contributed by atoms with E-state index in [0.29, 0.717) is 32.7 Å². The van der Waals surface area contributed by atoms with Crippen LogP contribution in [0.3, 0.4) is 0 Å². The van der Waals surface area contributed by atoms with Gasteiger partial charge in [0, 0.05) is 31.9 Å². The number of hydrogen-bond acceptors (Lipinski definition) is 4. The van der Waals surface area contributed by atoms with Crippen molar-refractivity contribution >= 4 is 42.3 Å². The third kappa shape index (κ3) is 6.28. The van der Waals surface area contributed by atoms with Gasteiger partial charge < -0.3 is 16.0 Å².